The Balaban J connectivity index is 1.25. The number of nitrogens with one attached hydrogen (secondary N) is 1. The Kier molecular flexibility index (Phi) is 9.08. The van der Waals surface area contributed by atoms with Gasteiger partial charge in [0.25, 0.3) is 0 Å². The molecule has 0 spiro atoms. The summed E-state index contributed by atoms with van der Waals surface area (Å²) in [4.78, 5) is 12.1. The number of rotatable bonds is 12. The molecule has 0 saturated heterocycles. The second kappa shape index (κ2) is 12.3. The number of aliphatic hydroxyl groups excluding tert-OH is 1. The number of carboxylic acid groups (broad SMARTS) is 1. The Morgan fingerprint density at radius 3 is 2.35 bits per heavy atom. The van der Waals surface area contributed by atoms with Crippen LogP contribution in [0.25, 0.3) is 11.1 Å². The molecule has 0 radical (unpaired) electrons. The molecule has 0 bridgehead atoms. The van der Waals surface area contributed by atoms with Crippen LogP contribution in [0.1, 0.15) is 37.0 Å². The lowest BCUT2D eigenvalue weighted by Crippen LogP contribution is -2.46. The highest BCUT2D eigenvalue weighted by Gasteiger charge is 2.28. The van der Waals surface area contributed by atoms with Crippen molar-refractivity contribution in [3.8, 4) is 11.1 Å². The number of aliphatic carboxylic acids is 1. The van der Waals surface area contributed by atoms with E-state index in [-0.39, 0.29) is 12.0 Å². The fourth-order valence-corrected chi connectivity index (χ4v) is 6.25. The van der Waals surface area contributed by atoms with Crippen LogP contribution in [-0.4, -0.2) is 52.3 Å². The van der Waals surface area contributed by atoms with Gasteiger partial charge in [-0.2, -0.15) is 0 Å². The van der Waals surface area contributed by atoms with E-state index in [1.54, 1.807) is 11.9 Å². The van der Waals surface area contributed by atoms with E-state index in [9.17, 15) is 9.90 Å². The Labute approximate surface area is 225 Å². The summed E-state index contributed by atoms with van der Waals surface area (Å²) < 4.78 is 2.06. The number of carbonyl (C=O) groups is 1. The summed E-state index contributed by atoms with van der Waals surface area (Å²) in [7, 11) is 1.99. The minimum absolute atomic E-state index is 0.0159. The van der Waals surface area contributed by atoms with Crippen molar-refractivity contribution in [1.29, 1.82) is 0 Å². The number of likely N-dealkylation sites (N-methyl/N-ethyl adjacent to an activating group) is 1. The van der Waals surface area contributed by atoms with Crippen molar-refractivity contribution in [3.63, 3.8) is 0 Å². The maximum absolute atomic E-state index is 11.1. The number of hydrogen-bond donors (Lipinski definition) is 3. The van der Waals surface area contributed by atoms with Crippen LogP contribution < -0.4 is 5.32 Å². The smallest absolute Gasteiger partial charge is 0.307 e. The minimum atomic E-state index is -0.830. The van der Waals surface area contributed by atoms with E-state index < -0.39 is 12.1 Å². The average Bonchev–Trinajstić information content (AvgIpc) is 3.24. The number of aliphatic hydroxyl groups is 1. The van der Waals surface area contributed by atoms with E-state index in [1.165, 1.54) is 11.1 Å². The zero-order chi connectivity index (χ0) is 26.4. The number of nitrogens with zero attached hydrogens (tertiary/aromatic N) is 1. The van der Waals surface area contributed by atoms with Gasteiger partial charge in [0.15, 0.2) is 0 Å². The van der Waals surface area contributed by atoms with Crippen molar-refractivity contribution in [2.45, 2.75) is 56.1 Å². The summed E-state index contributed by atoms with van der Waals surface area (Å²) in [6, 6.07) is 24.6. The third-order valence-electron chi connectivity index (χ3n) is 6.93. The molecular weight excluding hydrogens is 480 g/mol. The van der Waals surface area contributed by atoms with Gasteiger partial charge in [-0.15, -0.1) is 0 Å². The molecule has 3 aromatic carbocycles. The zero-order valence-corrected chi connectivity index (χ0v) is 22.8. The lowest BCUT2D eigenvalue weighted by molar-refractivity contribution is -0.136. The van der Waals surface area contributed by atoms with Crippen molar-refractivity contribution in [3.05, 3.63) is 89.5 Å². The van der Waals surface area contributed by atoms with Gasteiger partial charge in [0.2, 0.25) is 0 Å². The van der Waals surface area contributed by atoms with Crippen LogP contribution in [0.3, 0.4) is 0 Å². The first-order valence-corrected chi connectivity index (χ1v) is 13.7. The molecule has 196 valence electrons. The van der Waals surface area contributed by atoms with Crippen LogP contribution in [0.5, 0.6) is 0 Å². The van der Waals surface area contributed by atoms with E-state index in [2.05, 4.69) is 59.9 Å². The number of benzene rings is 3. The molecule has 1 aliphatic rings. The zero-order valence-electron chi connectivity index (χ0n) is 22.0. The number of fused-ring (bicyclic) bond motifs is 1. The van der Waals surface area contributed by atoms with Crippen molar-refractivity contribution in [1.82, 2.24) is 9.62 Å². The first-order valence-electron chi connectivity index (χ1n) is 13.0. The normalized spacial score (nSPS) is 14.6. The Bertz CT molecular complexity index is 1190. The molecular formula is C31H38N2O3S. The monoisotopic (exact) mass is 518 g/mol. The van der Waals surface area contributed by atoms with Crippen molar-refractivity contribution in [2.75, 3.05) is 20.1 Å². The highest BCUT2D eigenvalue weighted by Crippen LogP contribution is 2.32. The third-order valence-corrected chi connectivity index (χ3v) is 7.86. The van der Waals surface area contributed by atoms with Crippen LogP contribution in [-0.2, 0) is 24.1 Å². The molecule has 0 fully saturated rings. The molecule has 37 heavy (non-hydrogen) atoms. The summed E-state index contributed by atoms with van der Waals surface area (Å²) in [5, 5.41) is 23.4. The van der Waals surface area contributed by atoms with Crippen LogP contribution in [0.2, 0.25) is 0 Å². The fourth-order valence-electron chi connectivity index (χ4n) is 5.33. The molecule has 0 aromatic heterocycles. The molecule has 1 atom stereocenters. The second-order valence-corrected chi connectivity index (χ2v) is 12.1. The largest absolute Gasteiger partial charge is 0.481 e. The molecule has 0 unspecified atom stereocenters. The van der Waals surface area contributed by atoms with Gasteiger partial charge in [-0.3, -0.25) is 4.79 Å². The highest BCUT2D eigenvalue weighted by atomic mass is 32.2. The lowest BCUT2D eigenvalue weighted by Gasteiger charge is -2.31. The van der Waals surface area contributed by atoms with E-state index in [1.807, 2.05) is 43.4 Å². The molecule has 1 aliphatic carbocycles. The minimum Gasteiger partial charge on any atom is -0.481 e. The topological polar surface area (TPSA) is 72.8 Å². The van der Waals surface area contributed by atoms with Crippen LogP contribution in [0.15, 0.2) is 77.7 Å². The average molecular weight is 519 g/mol. The second-order valence-electron chi connectivity index (χ2n) is 10.9. The van der Waals surface area contributed by atoms with Gasteiger partial charge in [-0.05, 0) is 98.0 Å². The Hall–Kier alpha value is -2.64. The van der Waals surface area contributed by atoms with E-state index in [0.29, 0.717) is 19.0 Å². The van der Waals surface area contributed by atoms with Crippen LogP contribution in [0.4, 0.5) is 0 Å². The van der Waals surface area contributed by atoms with Gasteiger partial charge in [0.05, 0.1) is 12.5 Å². The summed E-state index contributed by atoms with van der Waals surface area (Å²) in [6.07, 6.45) is 2.91. The maximum atomic E-state index is 11.1. The summed E-state index contributed by atoms with van der Waals surface area (Å²) >= 11 is 1.60. The summed E-state index contributed by atoms with van der Waals surface area (Å²) in [5.74, 6) is -0.184. The molecule has 6 heteroatoms. The van der Waals surface area contributed by atoms with Gasteiger partial charge in [0, 0.05) is 23.5 Å². The van der Waals surface area contributed by atoms with Gasteiger partial charge >= 0.3 is 5.97 Å². The lowest BCUT2D eigenvalue weighted by atomic mass is 9.88. The number of hydrogen-bond acceptors (Lipinski definition) is 5. The van der Waals surface area contributed by atoms with E-state index in [0.717, 1.165) is 40.8 Å². The van der Waals surface area contributed by atoms with Gasteiger partial charge < -0.3 is 15.5 Å². The first-order chi connectivity index (χ1) is 17.7. The predicted octanol–water partition coefficient (Wildman–Crippen LogP) is 5.45. The van der Waals surface area contributed by atoms with Crippen LogP contribution >= 0.6 is 11.9 Å². The molecule has 4 rings (SSSR count). The highest BCUT2D eigenvalue weighted by molar-refractivity contribution is 7.97. The Morgan fingerprint density at radius 1 is 1.03 bits per heavy atom. The van der Waals surface area contributed by atoms with E-state index in [4.69, 9.17) is 5.11 Å². The summed E-state index contributed by atoms with van der Waals surface area (Å²) in [6.45, 7) is 5.56. The molecule has 0 amide bonds. The van der Waals surface area contributed by atoms with Crippen LogP contribution in [0, 0.1) is 5.92 Å². The van der Waals surface area contributed by atoms with Gasteiger partial charge in [0.1, 0.15) is 0 Å². The molecule has 3 N–H and O–H groups in total. The predicted molar refractivity (Wildman–Crippen MR) is 152 cm³/mol. The maximum Gasteiger partial charge on any atom is 0.307 e. The van der Waals surface area contributed by atoms with Gasteiger partial charge in [-0.25, -0.2) is 4.31 Å². The van der Waals surface area contributed by atoms with Gasteiger partial charge in [-0.1, -0.05) is 60.7 Å². The number of β-amino-alcohol motifs (C(OH)–C–C–N with tert-alkyl or cyclic N) is 1. The van der Waals surface area contributed by atoms with Crippen molar-refractivity contribution in [2.24, 2.45) is 5.92 Å². The first kappa shape index (κ1) is 27.4. The fraction of sp³-hybridized carbons (Fsp3) is 0.387. The molecule has 0 saturated carbocycles. The SMILES string of the molecule is CN(C[C@H](O)CNC(C)(C)CC1Cc2ccccc2C1)Sc1cccc(-c2cccc(CC(=O)O)c2)c1. The molecule has 5 nitrogen and oxygen atoms in total. The Morgan fingerprint density at radius 2 is 1.68 bits per heavy atom. The standard InChI is InChI=1S/C31H38N2O3S/c1-31(2,19-23-15-24-9-4-5-10-25(24)16-23)32-20-28(34)21-33(3)37-29-13-7-12-27(18-29)26-11-6-8-22(14-26)17-30(35)36/h4-14,18,23,28,32,34H,15-17,19-21H2,1-3H3,(H,35,36)/t28-/m1/s1. The van der Waals surface area contributed by atoms with E-state index >= 15 is 0 Å². The summed E-state index contributed by atoms with van der Waals surface area (Å²) in [5.41, 5.74) is 5.77. The third kappa shape index (κ3) is 8.17. The molecule has 0 aliphatic heterocycles. The van der Waals surface area contributed by atoms with Crippen molar-refractivity contribution >= 4 is 17.9 Å². The molecule has 3 aromatic rings. The quantitative estimate of drug-likeness (QED) is 0.277. The molecule has 0 heterocycles. The number of carboxylic acids is 1. The van der Waals surface area contributed by atoms with Crippen molar-refractivity contribution < 1.29 is 15.0 Å².